The Kier molecular flexibility index (Phi) is 3.12. The number of fused-ring (bicyclic) bond motifs is 1. The molecule has 104 valence electrons. The van der Waals surface area contributed by atoms with Gasteiger partial charge < -0.3 is 0 Å². The first-order valence-corrected chi connectivity index (χ1v) is 8.25. The fourth-order valence-electron chi connectivity index (χ4n) is 1.88. The van der Waals surface area contributed by atoms with Crippen LogP contribution in [0.5, 0.6) is 0 Å². The highest BCUT2D eigenvalue weighted by Gasteiger charge is 2.17. The van der Waals surface area contributed by atoms with E-state index in [-0.39, 0.29) is 4.90 Å². The molecule has 3 rings (SSSR count). The Labute approximate surface area is 121 Å². The van der Waals surface area contributed by atoms with Crippen LogP contribution in [0.1, 0.15) is 0 Å². The number of aromatic nitrogens is 2. The van der Waals surface area contributed by atoms with Crippen LogP contribution in [0.15, 0.2) is 46.9 Å². The number of nitrogens with zero attached hydrogens (tertiary/aromatic N) is 3. The topological polar surface area (TPSA) is 54.7 Å². The van der Waals surface area contributed by atoms with Gasteiger partial charge in [-0.1, -0.05) is 12.1 Å². The molecule has 0 aliphatic heterocycles. The number of thiazole rings is 1. The first kappa shape index (κ1) is 13.3. The van der Waals surface area contributed by atoms with Crippen LogP contribution < -0.4 is 0 Å². The van der Waals surface area contributed by atoms with Crippen LogP contribution >= 0.6 is 11.3 Å². The lowest BCUT2D eigenvalue weighted by atomic mass is 10.2. The summed E-state index contributed by atoms with van der Waals surface area (Å²) in [6, 6.07) is 6.78. The van der Waals surface area contributed by atoms with E-state index in [0.717, 1.165) is 16.2 Å². The third kappa shape index (κ3) is 2.13. The molecule has 0 spiro atoms. The molecule has 2 aromatic heterocycles. The summed E-state index contributed by atoms with van der Waals surface area (Å²) in [5.41, 5.74) is 1.74. The minimum atomic E-state index is -3.38. The molecule has 0 unspecified atom stereocenters. The van der Waals surface area contributed by atoms with Gasteiger partial charge in [-0.15, -0.1) is 11.3 Å². The van der Waals surface area contributed by atoms with Crippen molar-refractivity contribution in [3.05, 3.63) is 42.0 Å². The Morgan fingerprint density at radius 2 is 1.90 bits per heavy atom. The quantitative estimate of drug-likeness (QED) is 0.746. The Morgan fingerprint density at radius 1 is 1.20 bits per heavy atom. The van der Waals surface area contributed by atoms with Gasteiger partial charge >= 0.3 is 0 Å². The summed E-state index contributed by atoms with van der Waals surface area (Å²) in [4.78, 5) is 5.70. The average molecular weight is 307 g/mol. The molecule has 2 heterocycles. The van der Waals surface area contributed by atoms with Gasteiger partial charge in [0, 0.05) is 37.4 Å². The molecule has 0 amide bonds. The second-order valence-electron chi connectivity index (χ2n) is 4.53. The van der Waals surface area contributed by atoms with E-state index in [1.165, 1.54) is 18.4 Å². The van der Waals surface area contributed by atoms with Crippen LogP contribution in [0.4, 0.5) is 0 Å². The van der Waals surface area contributed by atoms with Gasteiger partial charge in [0.2, 0.25) is 10.0 Å². The Balaban J connectivity index is 1.99. The summed E-state index contributed by atoms with van der Waals surface area (Å²) in [7, 11) is -0.339. The molecule has 0 aliphatic rings. The summed E-state index contributed by atoms with van der Waals surface area (Å²) in [5.74, 6) is 0. The monoisotopic (exact) mass is 307 g/mol. The van der Waals surface area contributed by atoms with Crippen molar-refractivity contribution in [2.75, 3.05) is 14.1 Å². The second-order valence-corrected chi connectivity index (χ2v) is 7.56. The van der Waals surface area contributed by atoms with Crippen molar-refractivity contribution in [1.82, 2.24) is 13.7 Å². The number of rotatable bonds is 3. The van der Waals surface area contributed by atoms with Crippen molar-refractivity contribution in [3.63, 3.8) is 0 Å². The summed E-state index contributed by atoms with van der Waals surface area (Å²) in [5, 5.41) is 1.97. The van der Waals surface area contributed by atoms with Crippen LogP contribution in [0.3, 0.4) is 0 Å². The van der Waals surface area contributed by atoms with Gasteiger partial charge in [-0.05, 0) is 12.1 Å². The molecule has 1 aromatic carbocycles. The van der Waals surface area contributed by atoms with Gasteiger partial charge in [-0.25, -0.2) is 17.7 Å². The maximum atomic E-state index is 12.0. The maximum Gasteiger partial charge on any atom is 0.242 e. The number of imidazole rings is 1. The number of benzene rings is 1. The molecule has 0 aliphatic carbocycles. The van der Waals surface area contributed by atoms with Gasteiger partial charge in [0.1, 0.15) is 0 Å². The predicted octanol–water partition coefficient (Wildman–Crippen LogP) is 2.31. The van der Waals surface area contributed by atoms with Crippen LogP contribution in [0, 0.1) is 0 Å². The smallest absolute Gasteiger partial charge is 0.242 e. The zero-order chi connectivity index (χ0) is 14.3. The molecule has 0 saturated heterocycles. The number of hydrogen-bond donors (Lipinski definition) is 0. The van der Waals surface area contributed by atoms with E-state index >= 15 is 0 Å². The summed E-state index contributed by atoms with van der Waals surface area (Å²) in [6.07, 6.45) is 3.88. The van der Waals surface area contributed by atoms with E-state index in [1.807, 2.05) is 22.2 Å². The molecule has 20 heavy (non-hydrogen) atoms. The van der Waals surface area contributed by atoms with Crippen molar-refractivity contribution in [2.24, 2.45) is 0 Å². The van der Waals surface area contributed by atoms with Gasteiger partial charge in [-0.3, -0.25) is 4.40 Å². The van der Waals surface area contributed by atoms with E-state index < -0.39 is 10.0 Å². The fraction of sp³-hybridized carbons (Fsp3) is 0.154. The van der Waals surface area contributed by atoms with E-state index in [2.05, 4.69) is 4.98 Å². The van der Waals surface area contributed by atoms with Crippen LogP contribution in [-0.2, 0) is 10.0 Å². The molecule has 3 aromatic rings. The molecule has 0 atom stereocenters. The van der Waals surface area contributed by atoms with E-state index in [4.69, 9.17) is 0 Å². The molecule has 7 heteroatoms. The highest BCUT2D eigenvalue weighted by molar-refractivity contribution is 7.89. The van der Waals surface area contributed by atoms with Crippen molar-refractivity contribution in [1.29, 1.82) is 0 Å². The Hall–Kier alpha value is -1.70. The van der Waals surface area contributed by atoms with Crippen LogP contribution in [-0.4, -0.2) is 36.2 Å². The normalized spacial score (nSPS) is 12.3. The first-order chi connectivity index (χ1) is 9.48. The summed E-state index contributed by atoms with van der Waals surface area (Å²) < 4.78 is 27.1. The molecule has 0 saturated carbocycles. The third-order valence-corrected chi connectivity index (χ3v) is 5.62. The van der Waals surface area contributed by atoms with Gasteiger partial charge in [0.25, 0.3) is 0 Å². The lowest BCUT2D eigenvalue weighted by Crippen LogP contribution is -2.22. The van der Waals surface area contributed by atoms with Crippen LogP contribution in [0.2, 0.25) is 0 Å². The van der Waals surface area contributed by atoms with Crippen molar-refractivity contribution < 1.29 is 8.42 Å². The van der Waals surface area contributed by atoms with Crippen molar-refractivity contribution >= 4 is 26.3 Å². The first-order valence-electron chi connectivity index (χ1n) is 5.93. The van der Waals surface area contributed by atoms with E-state index in [1.54, 1.807) is 35.6 Å². The summed E-state index contributed by atoms with van der Waals surface area (Å²) >= 11 is 1.56. The van der Waals surface area contributed by atoms with Gasteiger partial charge in [-0.2, -0.15) is 0 Å². The van der Waals surface area contributed by atoms with E-state index in [0.29, 0.717) is 0 Å². The molecule has 0 bridgehead atoms. The zero-order valence-electron chi connectivity index (χ0n) is 11.0. The summed E-state index contributed by atoms with van der Waals surface area (Å²) in [6.45, 7) is 0. The molecule has 0 radical (unpaired) electrons. The highest BCUT2D eigenvalue weighted by Crippen LogP contribution is 2.23. The van der Waals surface area contributed by atoms with Gasteiger partial charge in [0.05, 0.1) is 10.6 Å². The number of hydrogen-bond acceptors (Lipinski definition) is 4. The molecular weight excluding hydrogens is 294 g/mol. The maximum absolute atomic E-state index is 12.0. The Bertz CT molecular complexity index is 817. The lowest BCUT2D eigenvalue weighted by Gasteiger charge is -2.11. The average Bonchev–Trinajstić information content (AvgIpc) is 2.99. The van der Waals surface area contributed by atoms with E-state index in [9.17, 15) is 8.42 Å². The Morgan fingerprint density at radius 3 is 2.50 bits per heavy atom. The fourth-order valence-corrected chi connectivity index (χ4v) is 3.48. The van der Waals surface area contributed by atoms with Crippen LogP contribution in [0.25, 0.3) is 16.2 Å². The molecule has 5 nitrogen and oxygen atoms in total. The third-order valence-electron chi connectivity index (χ3n) is 3.02. The van der Waals surface area contributed by atoms with Crippen molar-refractivity contribution in [2.45, 2.75) is 4.90 Å². The molecule has 0 N–H and O–H groups in total. The molecular formula is C13H13N3O2S2. The van der Waals surface area contributed by atoms with Crippen molar-refractivity contribution in [3.8, 4) is 11.3 Å². The predicted molar refractivity (Wildman–Crippen MR) is 79.4 cm³/mol. The largest absolute Gasteiger partial charge is 0.297 e. The standard InChI is InChI=1S/C13H13N3O2S2/c1-15(2)20(17,18)11-5-3-10(4-6-11)12-9-16-7-8-19-13(16)14-12/h3-9H,1-2H3. The zero-order valence-corrected chi connectivity index (χ0v) is 12.6. The second kappa shape index (κ2) is 4.69. The minimum absolute atomic E-state index is 0.285. The number of sulfonamides is 1. The molecule has 0 fully saturated rings. The minimum Gasteiger partial charge on any atom is -0.297 e. The SMILES string of the molecule is CN(C)S(=O)(=O)c1ccc(-c2cn3ccsc3n2)cc1. The lowest BCUT2D eigenvalue weighted by molar-refractivity contribution is 0.521. The van der Waals surface area contributed by atoms with Gasteiger partial charge in [0.15, 0.2) is 4.96 Å². The highest BCUT2D eigenvalue weighted by atomic mass is 32.2.